The van der Waals surface area contributed by atoms with Crippen LogP contribution in [0, 0.1) is 5.82 Å². The first-order valence-corrected chi connectivity index (χ1v) is 8.66. The summed E-state index contributed by atoms with van der Waals surface area (Å²) in [4.78, 5) is 9.06. The van der Waals surface area contributed by atoms with E-state index >= 15 is 0 Å². The number of benzene rings is 2. The van der Waals surface area contributed by atoms with Gasteiger partial charge < -0.3 is 11.1 Å². The van der Waals surface area contributed by atoms with E-state index in [0.29, 0.717) is 40.6 Å². The first kappa shape index (κ1) is 17.0. The van der Waals surface area contributed by atoms with Crippen molar-refractivity contribution in [3.8, 4) is 11.3 Å². The van der Waals surface area contributed by atoms with Crippen LogP contribution in [0.2, 0.25) is 0 Å². The van der Waals surface area contributed by atoms with Crippen molar-refractivity contribution in [2.45, 2.75) is 6.42 Å². The summed E-state index contributed by atoms with van der Waals surface area (Å²) in [6.45, 7) is 0.667. The predicted molar refractivity (Wildman–Crippen MR) is 105 cm³/mol. The quantitative estimate of drug-likeness (QED) is 0.569. The lowest BCUT2D eigenvalue weighted by Gasteiger charge is -2.09. The van der Waals surface area contributed by atoms with Gasteiger partial charge in [0.05, 0.1) is 11.1 Å². The van der Waals surface area contributed by atoms with Gasteiger partial charge in [-0.3, -0.25) is 4.68 Å². The highest BCUT2D eigenvalue weighted by Gasteiger charge is 2.17. The maximum atomic E-state index is 13.7. The molecule has 0 saturated carbocycles. The topological polar surface area (TPSA) is 81.7 Å². The molecule has 0 aliphatic heterocycles. The van der Waals surface area contributed by atoms with E-state index in [4.69, 9.17) is 5.73 Å². The molecule has 0 amide bonds. The highest BCUT2D eigenvalue weighted by atomic mass is 19.1. The van der Waals surface area contributed by atoms with Gasteiger partial charge in [0.1, 0.15) is 11.6 Å². The van der Waals surface area contributed by atoms with Crippen LogP contribution in [0.1, 0.15) is 5.56 Å². The lowest BCUT2D eigenvalue weighted by atomic mass is 10.1. The molecular formula is C20H19FN6. The molecule has 0 bridgehead atoms. The molecule has 3 N–H and O–H groups in total. The minimum atomic E-state index is -0.333. The van der Waals surface area contributed by atoms with E-state index in [-0.39, 0.29) is 5.82 Å². The number of nitrogens with two attached hydrogens (primary N) is 1. The summed E-state index contributed by atoms with van der Waals surface area (Å²) in [7, 11) is 1.74. The number of nitrogen functional groups attached to an aromatic ring is 1. The summed E-state index contributed by atoms with van der Waals surface area (Å²) >= 11 is 0. The molecule has 27 heavy (non-hydrogen) atoms. The molecule has 2 aromatic heterocycles. The largest absolute Gasteiger partial charge is 0.383 e. The van der Waals surface area contributed by atoms with Crippen molar-refractivity contribution in [3.05, 3.63) is 66.0 Å². The third-order valence-electron chi connectivity index (χ3n) is 4.38. The van der Waals surface area contributed by atoms with Gasteiger partial charge in [0, 0.05) is 19.2 Å². The second-order valence-corrected chi connectivity index (χ2v) is 6.28. The summed E-state index contributed by atoms with van der Waals surface area (Å²) in [5.41, 5.74) is 9.04. The lowest BCUT2D eigenvalue weighted by Crippen LogP contribution is -2.08. The Morgan fingerprint density at radius 1 is 1.07 bits per heavy atom. The number of nitrogens with one attached hydrogen (secondary N) is 1. The Labute approximate surface area is 155 Å². The van der Waals surface area contributed by atoms with Crippen LogP contribution in [0.15, 0.2) is 54.6 Å². The molecule has 2 heterocycles. The first-order valence-electron chi connectivity index (χ1n) is 8.66. The van der Waals surface area contributed by atoms with Crippen LogP contribution in [0.25, 0.3) is 22.3 Å². The molecule has 0 unspecified atom stereocenters. The second-order valence-electron chi connectivity index (χ2n) is 6.28. The van der Waals surface area contributed by atoms with Crippen LogP contribution in [-0.4, -0.2) is 26.3 Å². The number of aryl methyl sites for hydroxylation is 1. The molecule has 4 aromatic rings. The number of anilines is 2. The van der Waals surface area contributed by atoms with E-state index in [1.165, 1.54) is 17.7 Å². The molecule has 0 radical (unpaired) electrons. The average molecular weight is 362 g/mol. The Morgan fingerprint density at radius 3 is 2.67 bits per heavy atom. The smallest absolute Gasteiger partial charge is 0.225 e. The Hall–Kier alpha value is -3.48. The van der Waals surface area contributed by atoms with Crippen molar-refractivity contribution >= 4 is 22.8 Å². The third kappa shape index (κ3) is 3.44. The zero-order valence-electron chi connectivity index (χ0n) is 14.9. The molecule has 0 aliphatic rings. The number of fused-ring (bicyclic) bond motifs is 1. The van der Waals surface area contributed by atoms with E-state index in [1.54, 1.807) is 23.9 Å². The van der Waals surface area contributed by atoms with Gasteiger partial charge in [-0.2, -0.15) is 10.1 Å². The molecule has 7 heteroatoms. The molecule has 0 atom stereocenters. The van der Waals surface area contributed by atoms with Crippen molar-refractivity contribution in [3.63, 3.8) is 0 Å². The first-order chi connectivity index (χ1) is 13.1. The van der Waals surface area contributed by atoms with Crippen molar-refractivity contribution in [1.29, 1.82) is 0 Å². The average Bonchev–Trinajstić information content (AvgIpc) is 2.96. The molecule has 2 aromatic carbocycles. The van der Waals surface area contributed by atoms with Crippen LogP contribution in [0.5, 0.6) is 0 Å². The summed E-state index contributed by atoms with van der Waals surface area (Å²) in [6.07, 6.45) is 0.835. The van der Waals surface area contributed by atoms with Crippen LogP contribution >= 0.6 is 0 Å². The number of hydrogen-bond acceptors (Lipinski definition) is 5. The molecule has 0 fully saturated rings. The fraction of sp³-hybridized carbons (Fsp3) is 0.150. The number of nitrogens with zero attached hydrogens (tertiary/aromatic N) is 4. The molecular weight excluding hydrogens is 343 g/mol. The van der Waals surface area contributed by atoms with Crippen LogP contribution < -0.4 is 11.1 Å². The van der Waals surface area contributed by atoms with Crippen molar-refractivity contribution in [1.82, 2.24) is 19.7 Å². The number of hydrogen-bond donors (Lipinski definition) is 2. The second kappa shape index (κ2) is 7.03. The van der Waals surface area contributed by atoms with Gasteiger partial charge in [-0.1, -0.05) is 42.5 Å². The minimum Gasteiger partial charge on any atom is -0.383 e. The normalized spacial score (nSPS) is 11.0. The van der Waals surface area contributed by atoms with E-state index in [1.807, 2.05) is 18.2 Å². The van der Waals surface area contributed by atoms with Crippen LogP contribution in [-0.2, 0) is 13.5 Å². The van der Waals surface area contributed by atoms with Gasteiger partial charge in [-0.05, 0) is 24.1 Å². The van der Waals surface area contributed by atoms with Gasteiger partial charge in [0.25, 0.3) is 0 Å². The lowest BCUT2D eigenvalue weighted by molar-refractivity contribution is 0.628. The van der Waals surface area contributed by atoms with E-state index < -0.39 is 0 Å². The zero-order valence-corrected chi connectivity index (χ0v) is 14.9. The van der Waals surface area contributed by atoms with Gasteiger partial charge in [-0.15, -0.1) is 0 Å². The number of aromatic nitrogens is 4. The summed E-state index contributed by atoms with van der Waals surface area (Å²) in [5, 5.41) is 8.21. The number of rotatable bonds is 5. The van der Waals surface area contributed by atoms with E-state index in [2.05, 4.69) is 32.5 Å². The van der Waals surface area contributed by atoms with Gasteiger partial charge >= 0.3 is 0 Å². The van der Waals surface area contributed by atoms with Gasteiger partial charge in [-0.25, -0.2) is 9.37 Å². The molecule has 0 aliphatic carbocycles. The zero-order chi connectivity index (χ0) is 18.8. The molecule has 4 rings (SSSR count). The molecule has 0 spiro atoms. The van der Waals surface area contributed by atoms with E-state index in [0.717, 1.165) is 6.42 Å². The number of halogens is 1. The van der Waals surface area contributed by atoms with Gasteiger partial charge in [0.15, 0.2) is 5.65 Å². The maximum absolute atomic E-state index is 13.7. The highest BCUT2D eigenvalue weighted by molar-refractivity contribution is 5.98. The Bertz CT molecular complexity index is 1090. The van der Waals surface area contributed by atoms with E-state index in [9.17, 15) is 4.39 Å². The standard InChI is InChI=1S/C20H19FN6/c1-27-18(22)16-17(14-8-5-9-15(21)12-14)24-20(25-19(16)26-27)23-11-10-13-6-3-2-4-7-13/h2-9,12H,10-11,22H2,1H3,(H,23,25,26). The van der Waals surface area contributed by atoms with Crippen molar-refractivity contribution < 1.29 is 4.39 Å². The summed E-state index contributed by atoms with van der Waals surface area (Å²) < 4.78 is 15.3. The van der Waals surface area contributed by atoms with Crippen molar-refractivity contribution in [2.24, 2.45) is 7.05 Å². The fourth-order valence-corrected chi connectivity index (χ4v) is 3.00. The van der Waals surface area contributed by atoms with Crippen LogP contribution in [0.3, 0.4) is 0 Å². The van der Waals surface area contributed by atoms with Gasteiger partial charge in [0.2, 0.25) is 5.95 Å². The molecule has 0 saturated heterocycles. The predicted octanol–water partition coefficient (Wildman–Crippen LogP) is 3.41. The summed E-state index contributed by atoms with van der Waals surface area (Å²) in [5.74, 6) is 0.552. The Balaban J connectivity index is 1.70. The third-order valence-corrected chi connectivity index (χ3v) is 4.38. The minimum absolute atomic E-state index is 0.333. The Kier molecular flexibility index (Phi) is 4.42. The fourth-order valence-electron chi connectivity index (χ4n) is 3.00. The molecule has 136 valence electrons. The molecule has 6 nitrogen and oxygen atoms in total. The SMILES string of the molecule is Cn1nc2nc(NCCc3ccccc3)nc(-c3cccc(F)c3)c2c1N. The summed E-state index contributed by atoms with van der Waals surface area (Å²) in [6, 6.07) is 16.4. The van der Waals surface area contributed by atoms with Crippen LogP contribution in [0.4, 0.5) is 16.2 Å². The van der Waals surface area contributed by atoms with Crippen molar-refractivity contribution in [2.75, 3.05) is 17.6 Å². The highest BCUT2D eigenvalue weighted by Crippen LogP contribution is 2.31. The Morgan fingerprint density at radius 2 is 1.89 bits per heavy atom. The maximum Gasteiger partial charge on any atom is 0.225 e. The monoisotopic (exact) mass is 362 g/mol.